The third-order valence-corrected chi connectivity index (χ3v) is 7.34. The number of rotatable bonds is 2. The van der Waals surface area contributed by atoms with Crippen LogP contribution < -0.4 is 0 Å². The molecule has 1 N–H and O–H groups in total. The van der Waals surface area contributed by atoms with Gasteiger partial charge < -0.3 is 5.11 Å². The van der Waals surface area contributed by atoms with Gasteiger partial charge in [-0.3, -0.25) is 4.79 Å². The summed E-state index contributed by atoms with van der Waals surface area (Å²) in [5.41, 5.74) is -0.126. The van der Waals surface area contributed by atoms with E-state index in [0.717, 1.165) is 38.5 Å². The number of terminal acetylenes is 1. The first-order chi connectivity index (χ1) is 9.93. The van der Waals surface area contributed by atoms with Crippen LogP contribution in [0.5, 0.6) is 0 Å². The maximum absolute atomic E-state index is 12.6. The van der Waals surface area contributed by atoms with Gasteiger partial charge in [-0.05, 0) is 61.7 Å². The predicted molar refractivity (Wildman–Crippen MR) is 83.5 cm³/mol. The molecule has 0 unspecified atom stereocenters. The average molecular weight is 288 g/mol. The molecule has 0 heterocycles. The van der Waals surface area contributed by atoms with Gasteiger partial charge in [0, 0.05) is 18.3 Å². The largest absolute Gasteiger partial charge is 0.393 e. The minimum atomic E-state index is -0.218. The molecule has 3 fully saturated rings. The second-order valence-electron chi connectivity index (χ2n) is 8.10. The van der Waals surface area contributed by atoms with Crippen molar-refractivity contribution < 1.29 is 9.90 Å². The lowest BCUT2D eigenvalue weighted by atomic mass is 9.49. The normalized spacial score (nSPS) is 49.3. The van der Waals surface area contributed by atoms with Crippen molar-refractivity contribution in [3.63, 3.8) is 0 Å². The molecule has 0 bridgehead atoms. The first kappa shape index (κ1) is 15.1. The molecule has 0 aliphatic heterocycles. The van der Waals surface area contributed by atoms with Gasteiger partial charge in [-0.25, -0.2) is 0 Å². The van der Waals surface area contributed by atoms with Gasteiger partial charge in [-0.15, -0.1) is 12.3 Å². The van der Waals surface area contributed by atoms with Gasteiger partial charge in [-0.2, -0.15) is 0 Å². The fourth-order valence-corrected chi connectivity index (χ4v) is 5.90. The van der Waals surface area contributed by atoms with Crippen LogP contribution in [0.2, 0.25) is 0 Å². The molecular weight excluding hydrogens is 260 g/mol. The predicted octanol–water partition coefficient (Wildman–Crippen LogP) is 3.57. The first-order valence-electron chi connectivity index (χ1n) is 8.58. The Bertz CT molecular complexity index is 476. The Morgan fingerprint density at radius 1 is 1.24 bits per heavy atom. The number of hydrogen-bond acceptors (Lipinski definition) is 2. The van der Waals surface area contributed by atoms with Crippen LogP contribution in [0, 0.1) is 40.9 Å². The van der Waals surface area contributed by atoms with Crippen molar-refractivity contribution in [3.05, 3.63) is 0 Å². The number of Topliss-reactive ketones (excluding diaryl/α,β-unsaturated/α-hetero) is 1. The molecule has 0 aromatic carbocycles. The highest BCUT2D eigenvalue weighted by Gasteiger charge is 2.59. The summed E-state index contributed by atoms with van der Waals surface area (Å²) in [6.07, 6.45) is 12.8. The number of aliphatic hydroxyl groups is 1. The lowest BCUT2D eigenvalue weighted by Gasteiger charge is -2.55. The van der Waals surface area contributed by atoms with E-state index in [1.165, 1.54) is 0 Å². The van der Waals surface area contributed by atoms with Crippen LogP contribution in [0.15, 0.2) is 0 Å². The highest BCUT2D eigenvalue weighted by atomic mass is 16.3. The topological polar surface area (TPSA) is 37.3 Å². The van der Waals surface area contributed by atoms with E-state index < -0.39 is 0 Å². The second kappa shape index (κ2) is 5.13. The van der Waals surface area contributed by atoms with Crippen LogP contribution in [-0.2, 0) is 4.79 Å². The van der Waals surface area contributed by atoms with Crippen LogP contribution in [0.25, 0.3) is 0 Å². The summed E-state index contributed by atoms with van der Waals surface area (Å²) in [7, 11) is 0. The zero-order chi connectivity index (χ0) is 15.3. The Morgan fingerprint density at radius 2 is 2.00 bits per heavy atom. The summed E-state index contributed by atoms with van der Waals surface area (Å²) in [5.74, 6) is 4.85. The zero-order valence-electron chi connectivity index (χ0n) is 13.4. The van der Waals surface area contributed by atoms with Crippen LogP contribution in [0.1, 0.15) is 65.2 Å². The summed E-state index contributed by atoms with van der Waals surface area (Å²) in [4.78, 5) is 12.6. The standard InChI is InChI=1S/C19H28O2/c1-4-5-11-18(2)15-10-12-19(3)14(7-9-17(19)21)13(15)6-8-16(18)20/h1,13-15,17,21H,5-12H2,2-3H3/t13-,14-,15-,17-,18+,19-/m0/s1. The van der Waals surface area contributed by atoms with E-state index >= 15 is 0 Å². The van der Waals surface area contributed by atoms with Crippen LogP contribution in [0.4, 0.5) is 0 Å². The van der Waals surface area contributed by atoms with E-state index in [4.69, 9.17) is 6.42 Å². The van der Waals surface area contributed by atoms with Crippen molar-refractivity contribution in [1.82, 2.24) is 0 Å². The quantitative estimate of drug-likeness (QED) is 0.789. The highest BCUT2D eigenvalue weighted by Crippen LogP contribution is 2.62. The molecule has 3 saturated carbocycles. The van der Waals surface area contributed by atoms with E-state index in [2.05, 4.69) is 19.8 Å². The smallest absolute Gasteiger partial charge is 0.139 e. The van der Waals surface area contributed by atoms with Crippen molar-refractivity contribution in [2.75, 3.05) is 0 Å². The number of carbonyl (C=O) groups is 1. The summed E-state index contributed by atoms with van der Waals surface area (Å²) in [6.45, 7) is 4.44. The third-order valence-electron chi connectivity index (χ3n) is 7.34. The maximum Gasteiger partial charge on any atom is 0.139 e. The molecule has 2 nitrogen and oxygen atoms in total. The third kappa shape index (κ3) is 2.08. The molecule has 0 aromatic heterocycles. The second-order valence-corrected chi connectivity index (χ2v) is 8.10. The summed E-state index contributed by atoms with van der Waals surface area (Å²) >= 11 is 0. The molecule has 0 aromatic rings. The minimum Gasteiger partial charge on any atom is -0.393 e. The number of aliphatic hydroxyl groups excluding tert-OH is 1. The summed E-state index contributed by atoms with van der Waals surface area (Å²) in [5, 5.41) is 10.4. The number of carbonyl (C=O) groups excluding carboxylic acids is 1. The Labute approximate surface area is 128 Å². The molecule has 0 radical (unpaired) electrons. The Morgan fingerprint density at radius 3 is 2.71 bits per heavy atom. The average Bonchev–Trinajstić information content (AvgIpc) is 2.77. The van der Waals surface area contributed by atoms with Gasteiger partial charge in [0.25, 0.3) is 0 Å². The molecule has 2 heteroatoms. The molecule has 116 valence electrons. The Balaban J connectivity index is 1.89. The molecular formula is C19H28O2. The lowest BCUT2D eigenvalue weighted by Crippen LogP contribution is -2.52. The fourth-order valence-electron chi connectivity index (χ4n) is 5.90. The van der Waals surface area contributed by atoms with Crippen molar-refractivity contribution >= 4 is 5.78 Å². The molecule has 0 saturated heterocycles. The zero-order valence-corrected chi connectivity index (χ0v) is 13.4. The van der Waals surface area contributed by atoms with Crippen LogP contribution in [0.3, 0.4) is 0 Å². The number of fused-ring (bicyclic) bond motifs is 3. The monoisotopic (exact) mass is 288 g/mol. The molecule has 3 aliphatic carbocycles. The molecule has 3 rings (SSSR count). The summed E-state index contributed by atoms with van der Waals surface area (Å²) < 4.78 is 0. The Kier molecular flexibility index (Phi) is 3.69. The van der Waals surface area contributed by atoms with E-state index in [1.54, 1.807) is 0 Å². The fraction of sp³-hybridized carbons (Fsp3) is 0.842. The summed E-state index contributed by atoms with van der Waals surface area (Å²) in [6, 6.07) is 0. The van der Waals surface area contributed by atoms with Crippen molar-refractivity contribution in [2.24, 2.45) is 28.6 Å². The van der Waals surface area contributed by atoms with Crippen LogP contribution in [-0.4, -0.2) is 17.0 Å². The molecule has 0 amide bonds. The molecule has 6 atom stereocenters. The van der Waals surface area contributed by atoms with E-state index in [-0.39, 0.29) is 16.9 Å². The van der Waals surface area contributed by atoms with Gasteiger partial charge in [-0.1, -0.05) is 13.8 Å². The lowest BCUT2D eigenvalue weighted by molar-refractivity contribution is -0.147. The SMILES string of the molecule is C#CCC[C@@]1(C)C(=O)CC[C@H]2[C@@H]3CC[C@H](O)[C@@]3(C)CC[C@@H]21. The van der Waals surface area contributed by atoms with E-state index in [1.807, 2.05) is 0 Å². The van der Waals surface area contributed by atoms with Gasteiger partial charge in [0.15, 0.2) is 0 Å². The van der Waals surface area contributed by atoms with Gasteiger partial charge in [0.1, 0.15) is 5.78 Å². The van der Waals surface area contributed by atoms with Crippen LogP contribution >= 0.6 is 0 Å². The number of hydrogen-bond donors (Lipinski definition) is 1. The first-order valence-corrected chi connectivity index (χ1v) is 8.58. The van der Waals surface area contributed by atoms with Gasteiger partial charge in [0.05, 0.1) is 6.10 Å². The molecule has 3 aliphatic rings. The maximum atomic E-state index is 12.6. The minimum absolute atomic E-state index is 0.0918. The van der Waals surface area contributed by atoms with Gasteiger partial charge >= 0.3 is 0 Å². The van der Waals surface area contributed by atoms with E-state index in [0.29, 0.717) is 36.4 Å². The Hall–Kier alpha value is -0.810. The van der Waals surface area contributed by atoms with Gasteiger partial charge in [0.2, 0.25) is 0 Å². The number of ketones is 1. The van der Waals surface area contributed by atoms with E-state index in [9.17, 15) is 9.90 Å². The van der Waals surface area contributed by atoms with Crippen molar-refractivity contribution in [1.29, 1.82) is 0 Å². The molecule has 21 heavy (non-hydrogen) atoms. The highest BCUT2D eigenvalue weighted by molar-refractivity contribution is 5.85. The van der Waals surface area contributed by atoms with Crippen molar-refractivity contribution in [2.45, 2.75) is 71.3 Å². The van der Waals surface area contributed by atoms with Crippen molar-refractivity contribution in [3.8, 4) is 12.3 Å². The molecule has 0 spiro atoms.